The van der Waals surface area contributed by atoms with Gasteiger partial charge in [0.1, 0.15) is 0 Å². The molecular weight excluding hydrogens is 354 g/mol. The van der Waals surface area contributed by atoms with Gasteiger partial charge in [-0.2, -0.15) is 4.31 Å². The van der Waals surface area contributed by atoms with Crippen LogP contribution in [0.3, 0.4) is 0 Å². The predicted molar refractivity (Wildman–Crippen MR) is 90.0 cm³/mol. The largest absolute Gasteiger partial charge is 0.345 e. The number of rotatable bonds is 3. The number of nitrogens with zero attached hydrogens (tertiary/aromatic N) is 5. The summed E-state index contributed by atoms with van der Waals surface area (Å²) >= 11 is 1.50. The lowest BCUT2D eigenvalue weighted by Gasteiger charge is -2.33. The fourth-order valence-electron chi connectivity index (χ4n) is 2.58. The van der Waals surface area contributed by atoms with Gasteiger partial charge in [-0.25, -0.2) is 18.2 Å². The Morgan fingerprint density at radius 1 is 1.12 bits per heavy atom. The van der Waals surface area contributed by atoms with Crippen LogP contribution >= 0.6 is 11.3 Å². The summed E-state index contributed by atoms with van der Waals surface area (Å²) in [7, 11) is -1.26. The SMILES string of the molecule is Cn1cc(S(=O)(=O)N2CCN(c3nccs3)CC2)c(=O)n(C)c1=O. The molecule has 24 heavy (non-hydrogen) atoms. The summed E-state index contributed by atoms with van der Waals surface area (Å²) in [4.78, 5) is 29.8. The highest BCUT2D eigenvalue weighted by Crippen LogP contribution is 2.21. The highest BCUT2D eigenvalue weighted by atomic mass is 32.2. The van der Waals surface area contributed by atoms with E-state index in [9.17, 15) is 18.0 Å². The van der Waals surface area contributed by atoms with Gasteiger partial charge in [0, 0.05) is 58.0 Å². The molecule has 1 saturated heterocycles. The monoisotopic (exact) mass is 371 g/mol. The van der Waals surface area contributed by atoms with Gasteiger partial charge in [0.25, 0.3) is 5.56 Å². The molecule has 1 fully saturated rings. The van der Waals surface area contributed by atoms with E-state index in [0.29, 0.717) is 13.1 Å². The molecule has 0 amide bonds. The maximum atomic E-state index is 12.8. The van der Waals surface area contributed by atoms with E-state index in [4.69, 9.17) is 0 Å². The Morgan fingerprint density at radius 3 is 2.38 bits per heavy atom. The molecule has 1 aliphatic rings. The minimum Gasteiger partial charge on any atom is -0.345 e. The fraction of sp³-hybridized carbons (Fsp3) is 0.462. The van der Waals surface area contributed by atoms with Gasteiger partial charge in [0.05, 0.1) is 0 Å². The van der Waals surface area contributed by atoms with E-state index in [0.717, 1.165) is 20.5 Å². The number of anilines is 1. The van der Waals surface area contributed by atoms with Crippen molar-refractivity contribution in [2.45, 2.75) is 4.90 Å². The molecule has 0 saturated carbocycles. The molecule has 0 aromatic carbocycles. The summed E-state index contributed by atoms with van der Waals surface area (Å²) in [5.74, 6) is 0. The molecule has 0 N–H and O–H groups in total. The normalized spacial score (nSPS) is 16.5. The first-order valence-electron chi connectivity index (χ1n) is 7.23. The maximum Gasteiger partial charge on any atom is 0.330 e. The maximum absolute atomic E-state index is 12.8. The van der Waals surface area contributed by atoms with E-state index in [-0.39, 0.29) is 18.0 Å². The Balaban J connectivity index is 1.88. The molecule has 130 valence electrons. The molecule has 9 nitrogen and oxygen atoms in total. The Morgan fingerprint density at radius 2 is 1.79 bits per heavy atom. The minimum atomic E-state index is -3.95. The van der Waals surface area contributed by atoms with Gasteiger partial charge in [-0.15, -0.1) is 11.3 Å². The Bertz CT molecular complexity index is 953. The quantitative estimate of drug-likeness (QED) is 0.690. The third-order valence-electron chi connectivity index (χ3n) is 3.96. The first-order valence-corrected chi connectivity index (χ1v) is 9.55. The predicted octanol–water partition coefficient (Wildman–Crippen LogP) is -0.949. The first kappa shape index (κ1) is 16.9. The van der Waals surface area contributed by atoms with Crippen LogP contribution in [0.25, 0.3) is 0 Å². The van der Waals surface area contributed by atoms with Crippen molar-refractivity contribution in [1.82, 2.24) is 18.4 Å². The fourth-order valence-corrected chi connectivity index (χ4v) is 4.85. The molecule has 0 radical (unpaired) electrons. The lowest BCUT2D eigenvalue weighted by atomic mass is 10.4. The smallest absolute Gasteiger partial charge is 0.330 e. The van der Waals surface area contributed by atoms with Crippen LogP contribution in [-0.4, -0.2) is 53.0 Å². The van der Waals surface area contributed by atoms with Crippen LogP contribution in [0, 0.1) is 0 Å². The topological polar surface area (TPSA) is 97.5 Å². The van der Waals surface area contributed by atoms with Gasteiger partial charge in [-0.1, -0.05) is 0 Å². The standard InChI is InChI=1S/C13H17N5O4S2/c1-15-9-10(11(19)16(2)13(15)20)24(21,22)18-6-4-17(5-7-18)12-14-3-8-23-12/h3,8-9H,4-7H2,1-2H3. The van der Waals surface area contributed by atoms with Gasteiger partial charge in [0.2, 0.25) is 10.0 Å². The van der Waals surface area contributed by atoms with Crippen molar-refractivity contribution in [1.29, 1.82) is 0 Å². The van der Waals surface area contributed by atoms with Crippen molar-refractivity contribution in [3.05, 3.63) is 38.6 Å². The number of aryl methyl sites for hydroxylation is 1. The highest BCUT2D eigenvalue weighted by molar-refractivity contribution is 7.89. The van der Waals surface area contributed by atoms with Gasteiger partial charge in [0.15, 0.2) is 10.0 Å². The Kier molecular flexibility index (Phi) is 4.32. The van der Waals surface area contributed by atoms with Crippen molar-refractivity contribution in [3.8, 4) is 0 Å². The number of thiazole rings is 1. The van der Waals surface area contributed by atoms with Crippen LogP contribution < -0.4 is 16.1 Å². The molecule has 0 unspecified atom stereocenters. The summed E-state index contributed by atoms with van der Waals surface area (Å²) in [6.07, 6.45) is 2.80. The highest BCUT2D eigenvalue weighted by Gasteiger charge is 2.32. The van der Waals surface area contributed by atoms with Gasteiger partial charge in [-0.3, -0.25) is 9.36 Å². The molecule has 11 heteroatoms. The Labute approximate surface area is 142 Å². The zero-order valence-corrected chi connectivity index (χ0v) is 14.9. The Hall–Kier alpha value is -1.98. The van der Waals surface area contributed by atoms with Crippen molar-refractivity contribution in [2.75, 3.05) is 31.1 Å². The van der Waals surface area contributed by atoms with E-state index >= 15 is 0 Å². The molecule has 2 aromatic rings. The van der Waals surface area contributed by atoms with Crippen LogP contribution in [-0.2, 0) is 24.1 Å². The van der Waals surface area contributed by atoms with Crippen LogP contribution in [0.2, 0.25) is 0 Å². The molecule has 0 bridgehead atoms. The van der Waals surface area contributed by atoms with Crippen LogP contribution in [0.5, 0.6) is 0 Å². The third-order valence-corrected chi connectivity index (χ3v) is 6.67. The summed E-state index contributed by atoms with van der Waals surface area (Å²) < 4.78 is 28.7. The van der Waals surface area contributed by atoms with Crippen molar-refractivity contribution in [3.63, 3.8) is 0 Å². The number of sulfonamides is 1. The molecule has 1 aliphatic heterocycles. The van der Waals surface area contributed by atoms with Crippen molar-refractivity contribution in [2.24, 2.45) is 14.1 Å². The minimum absolute atomic E-state index is 0.258. The second-order valence-corrected chi connectivity index (χ2v) is 8.24. The first-order chi connectivity index (χ1) is 11.3. The van der Waals surface area contributed by atoms with Gasteiger partial charge in [-0.05, 0) is 0 Å². The summed E-state index contributed by atoms with van der Waals surface area (Å²) in [6.45, 7) is 1.51. The lowest BCUT2D eigenvalue weighted by molar-refractivity contribution is 0.383. The van der Waals surface area contributed by atoms with Crippen LogP contribution in [0.4, 0.5) is 5.13 Å². The van der Waals surface area contributed by atoms with E-state index < -0.39 is 21.3 Å². The average Bonchev–Trinajstić information content (AvgIpc) is 3.10. The summed E-state index contributed by atoms with van der Waals surface area (Å²) in [6, 6.07) is 0. The number of aromatic nitrogens is 3. The second kappa shape index (κ2) is 6.15. The summed E-state index contributed by atoms with van der Waals surface area (Å²) in [5, 5.41) is 2.72. The van der Waals surface area contributed by atoms with Gasteiger partial charge < -0.3 is 9.47 Å². The van der Waals surface area contributed by atoms with E-state index in [2.05, 4.69) is 4.98 Å². The molecular formula is C13H17N5O4S2. The second-order valence-electron chi connectivity index (χ2n) is 5.46. The van der Waals surface area contributed by atoms with Crippen LogP contribution in [0.1, 0.15) is 0 Å². The molecule has 2 aromatic heterocycles. The number of hydrogen-bond acceptors (Lipinski definition) is 7. The van der Waals surface area contributed by atoms with Crippen LogP contribution in [0.15, 0.2) is 32.3 Å². The molecule has 0 atom stereocenters. The summed E-state index contributed by atoms with van der Waals surface area (Å²) in [5.41, 5.74) is -1.37. The van der Waals surface area contributed by atoms with Crippen molar-refractivity contribution < 1.29 is 8.42 Å². The molecule has 0 spiro atoms. The van der Waals surface area contributed by atoms with Crippen molar-refractivity contribution >= 4 is 26.5 Å². The molecule has 0 aliphatic carbocycles. The zero-order valence-electron chi connectivity index (χ0n) is 13.2. The number of hydrogen-bond donors (Lipinski definition) is 0. The van der Waals surface area contributed by atoms with E-state index in [1.165, 1.54) is 29.7 Å². The molecule has 3 heterocycles. The van der Waals surface area contributed by atoms with Gasteiger partial charge >= 0.3 is 5.69 Å². The average molecular weight is 371 g/mol. The lowest BCUT2D eigenvalue weighted by Crippen LogP contribution is -2.50. The van der Waals surface area contributed by atoms with E-state index in [1.54, 1.807) is 6.20 Å². The zero-order chi connectivity index (χ0) is 17.5. The van der Waals surface area contributed by atoms with E-state index in [1.807, 2.05) is 10.3 Å². The molecule has 3 rings (SSSR count). The number of piperazine rings is 1. The third kappa shape index (κ3) is 2.78.